The molecule has 0 unspecified atom stereocenters. The number of nitrogens with one attached hydrogen (secondary N) is 1. The molecule has 1 N–H and O–H groups in total. The van der Waals surface area contributed by atoms with Crippen LogP contribution in [0.4, 0.5) is 15.8 Å². The molecule has 1 aliphatic heterocycles. The summed E-state index contributed by atoms with van der Waals surface area (Å²) in [6.07, 6.45) is 0. The summed E-state index contributed by atoms with van der Waals surface area (Å²) in [5.41, 5.74) is 2.02. The van der Waals surface area contributed by atoms with Crippen LogP contribution in [0.15, 0.2) is 66.7 Å². The summed E-state index contributed by atoms with van der Waals surface area (Å²) in [6.45, 7) is 1.77. The zero-order valence-corrected chi connectivity index (χ0v) is 14.9. The number of benzene rings is 3. The molecule has 0 aliphatic carbocycles. The number of aryl methyl sites for hydroxylation is 1. The van der Waals surface area contributed by atoms with E-state index in [9.17, 15) is 18.8 Å². The number of anilines is 2. The summed E-state index contributed by atoms with van der Waals surface area (Å²) in [4.78, 5) is 38.8. The Labute approximate surface area is 160 Å². The lowest BCUT2D eigenvalue weighted by atomic mass is 10.1. The first kappa shape index (κ1) is 17.6. The summed E-state index contributed by atoms with van der Waals surface area (Å²) in [5, 5.41) is 2.65. The Balaban J connectivity index is 1.67. The van der Waals surface area contributed by atoms with E-state index in [-0.39, 0.29) is 5.56 Å². The average Bonchev–Trinajstić information content (AvgIpc) is 2.95. The van der Waals surface area contributed by atoms with E-state index < -0.39 is 23.5 Å². The molecule has 3 amide bonds. The Morgan fingerprint density at radius 2 is 1.50 bits per heavy atom. The Kier molecular flexibility index (Phi) is 4.24. The van der Waals surface area contributed by atoms with E-state index >= 15 is 0 Å². The average molecular weight is 374 g/mol. The van der Waals surface area contributed by atoms with Crippen LogP contribution in [0.5, 0.6) is 0 Å². The number of halogens is 1. The van der Waals surface area contributed by atoms with E-state index in [1.165, 1.54) is 24.3 Å². The largest absolute Gasteiger partial charge is 0.322 e. The van der Waals surface area contributed by atoms with Gasteiger partial charge < -0.3 is 5.32 Å². The van der Waals surface area contributed by atoms with Crippen LogP contribution in [0, 0.1) is 12.7 Å². The maximum atomic E-state index is 13.9. The van der Waals surface area contributed by atoms with Gasteiger partial charge in [-0.3, -0.25) is 14.4 Å². The third-order valence-corrected chi connectivity index (χ3v) is 4.64. The van der Waals surface area contributed by atoms with Crippen molar-refractivity contribution in [2.45, 2.75) is 6.92 Å². The molecule has 28 heavy (non-hydrogen) atoms. The monoisotopic (exact) mass is 374 g/mol. The highest BCUT2D eigenvalue weighted by molar-refractivity contribution is 6.34. The molecule has 0 bridgehead atoms. The van der Waals surface area contributed by atoms with Crippen LogP contribution < -0.4 is 10.2 Å². The van der Waals surface area contributed by atoms with Gasteiger partial charge in [-0.2, -0.15) is 0 Å². The first-order chi connectivity index (χ1) is 13.5. The van der Waals surface area contributed by atoms with Gasteiger partial charge in [0.15, 0.2) is 0 Å². The summed E-state index contributed by atoms with van der Waals surface area (Å²) >= 11 is 0. The van der Waals surface area contributed by atoms with Crippen molar-refractivity contribution in [3.63, 3.8) is 0 Å². The number of carbonyl (C=O) groups is 3. The van der Waals surface area contributed by atoms with Crippen molar-refractivity contribution in [3.05, 3.63) is 94.8 Å². The number of nitrogens with zero attached hydrogens (tertiary/aromatic N) is 1. The van der Waals surface area contributed by atoms with Gasteiger partial charge in [-0.05, 0) is 48.9 Å². The highest BCUT2D eigenvalue weighted by atomic mass is 19.1. The van der Waals surface area contributed by atoms with Gasteiger partial charge in [0.05, 0.1) is 22.4 Å². The van der Waals surface area contributed by atoms with Gasteiger partial charge in [0, 0.05) is 5.69 Å². The molecule has 0 saturated carbocycles. The minimum absolute atomic E-state index is 0.0898. The van der Waals surface area contributed by atoms with Crippen molar-refractivity contribution in [3.8, 4) is 0 Å². The Bertz CT molecular complexity index is 1110. The summed E-state index contributed by atoms with van der Waals surface area (Å²) in [5.74, 6) is -2.08. The van der Waals surface area contributed by atoms with Crippen molar-refractivity contribution in [2.75, 3.05) is 10.2 Å². The molecular weight excluding hydrogens is 359 g/mol. The molecule has 4 rings (SSSR count). The van der Waals surface area contributed by atoms with Gasteiger partial charge in [0.25, 0.3) is 17.7 Å². The molecule has 1 heterocycles. The number of amides is 3. The van der Waals surface area contributed by atoms with Crippen LogP contribution in [0.2, 0.25) is 0 Å². The molecule has 6 heteroatoms. The number of hydrogen-bond acceptors (Lipinski definition) is 3. The van der Waals surface area contributed by atoms with Gasteiger partial charge in [-0.1, -0.05) is 30.3 Å². The normalized spacial score (nSPS) is 12.9. The lowest BCUT2D eigenvalue weighted by molar-refractivity contribution is 0.0925. The quantitative estimate of drug-likeness (QED) is 0.699. The predicted octanol–water partition coefficient (Wildman–Crippen LogP) is 4.19. The minimum atomic E-state index is -0.630. The van der Waals surface area contributed by atoms with Crippen molar-refractivity contribution in [1.29, 1.82) is 0 Å². The molecule has 0 aromatic heterocycles. The van der Waals surface area contributed by atoms with E-state index in [1.807, 2.05) is 0 Å². The van der Waals surface area contributed by atoms with Crippen molar-refractivity contribution in [2.24, 2.45) is 0 Å². The van der Waals surface area contributed by atoms with Crippen LogP contribution in [-0.2, 0) is 0 Å². The second-order valence-electron chi connectivity index (χ2n) is 6.42. The minimum Gasteiger partial charge on any atom is -0.322 e. The molecule has 0 atom stereocenters. The highest BCUT2D eigenvalue weighted by Crippen LogP contribution is 2.31. The summed E-state index contributed by atoms with van der Waals surface area (Å²) < 4.78 is 13.9. The molecule has 0 saturated heterocycles. The molecular formula is C22H15FN2O3. The van der Waals surface area contributed by atoms with Crippen molar-refractivity contribution >= 4 is 29.1 Å². The number of imide groups is 1. The smallest absolute Gasteiger partial charge is 0.266 e. The standard InChI is InChI=1S/C22H15FN2O3/c1-13-10-11-14(25-21(27)15-6-2-3-7-16(15)22(25)28)12-19(13)24-20(26)17-8-4-5-9-18(17)23/h2-12H,1H3,(H,24,26). The second kappa shape index (κ2) is 6.74. The summed E-state index contributed by atoms with van der Waals surface area (Å²) in [7, 11) is 0. The van der Waals surface area contributed by atoms with Crippen LogP contribution in [0.25, 0.3) is 0 Å². The fourth-order valence-electron chi connectivity index (χ4n) is 3.14. The van der Waals surface area contributed by atoms with Crippen LogP contribution in [-0.4, -0.2) is 17.7 Å². The molecule has 0 spiro atoms. The molecule has 0 radical (unpaired) electrons. The van der Waals surface area contributed by atoms with Crippen LogP contribution in [0.3, 0.4) is 0 Å². The van der Waals surface area contributed by atoms with Gasteiger partial charge in [0.2, 0.25) is 0 Å². The first-order valence-electron chi connectivity index (χ1n) is 8.61. The van der Waals surface area contributed by atoms with Gasteiger partial charge in [-0.15, -0.1) is 0 Å². The molecule has 3 aromatic rings. The topological polar surface area (TPSA) is 66.5 Å². The van der Waals surface area contributed by atoms with Crippen molar-refractivity contribution in [1.82, 2.24) is 0 Å². The maximum absolute atomic E-state index is 13.9. The van der Waals surface area contributed by atoms with E-state index in [2.05, 4.69) is 5.32 Å². The highest BCUT2D eigenvalue weighted by Gasteiger charge is 2.36. The summed E-state index contributed by atoms with van der Waals surface area (Å²) in [6, 6.07) is 17.1. The zero-order chi connectivity index (χ0) is 19.8. The van der Waals surface area contributed by atoms with Gasteiger partial charge in [0.1, 0.15) is 5.82 Å². The number of hydrogen-bond donors (Lipinski definition) is 1. The Morgan fingerprint density at radius 1 is 0.893 bits per heavy atom. The molecule has 3 aromatic carbocycles. The fraction of sp³-hybridized carbons (Fsp3) is 0.0455. The third kappa shape index (κ3) is 2.85. The van der Waals surface area contributed by atoms with Crippen molar-refractivity contribution < 1.29 is 18.8 Å². The molecule has 138 valence electrons. The molecule has 1 aliphatic rings. The molecule has 0 fully saturated rings. The Hall–Kier alpha value is -3.80. The van der Waals surface area contributed by atoms with E-state index in [0.29, 0.717) is 28.1 Å². The SMILES string of the molecule is Cc1ccc(N2C(=O)c3ccccc3C2=O)cc1NC(=O)c1ccccc1F. The number of carbonyl (C=O) groups excluding carboxylic acids is 3. The zero-order valence-electron chi connectivity index (χ0n) is 14.9. The lowest BCUT2D eigenvalue weighted by Gasteiger charge is -2.17. The van der Waals surface area contributed by atoms with E-state index in [1.54, 1.807) is 49.4 Å². The van der Waals surface area contributed by atoms with Gasteiger partial charge >= 0.3 is 0 Å². The molecule has 5 nitrogen and oxygen atoms in total. The maximum Gasteiger partial charge on any atom is 0.266 e. The van der Waals surface area contributed by atoms with E-state index in [4.69, 9.17) is 0 Å². The number of rotatable bonds is 3. The third-order valence-electron chi connectivity index (χ3n) is 4.64. The van der Waals surface area contributed by atoms with Crippen LogP contribution >= 0.6 is 0 Å². The predicted molar refractivity (Wildman–Crippen MR) is 103 cm³/mol. The van der Waals surface area contributed by atoms with E-state index in [0.717, 1.165) is 4.90 Å². The lowest BCUT2D eigenvalue weighted by Crippen LogP contribution is -2.29. The Morgan fingerprint density at radius 3 is 2.14 bits per heavy atom. The first-order valence-corrected chi connectivity index (χ1v) is 8.61. The fourth-order valence-corrected chi connectivity index (χ4v) is 3.14. The van der Waals surface area contributed by atoms with Gasteiger partial charge in [-0.25, -0.2) is 9.29 Å². The second-order valence-corrected chi connectivity index (χ2v) is 6.42. The van der Waals surface area contributed by atoms with Crippen LogP contribution in [0.1, 0.15) is 36.6 Å². The number of fused-ring (bicyclic) bond motifs is 1.